The SMILES string of the molecule is CC(C=O)Cc1cccc(F)c1O. The first kappa shape index (κ1) is 9.71. The fourth-order valence-corrected chi connectivity index (χ4v) is 1.12. The molecule has 1 atom stereocenters. The molecule has 0 radical (unpaired) electrons. The average Bonchev–Trinajstić information content (AvgIpc) is 2.13. The van der Waals surface area contributed by atoms with E-state index < -0.39 is 5.82 Å². The molecule has 0 aliphatic rings. The van der Waals surface area contributed by atoms with Gasteiger partial charge >= 0.3 is 0 Å². The van der Waals surface area contributed by atoms with E-state index in [0.717, 1.165) is 6.29 Å². The Hall–Kier alpha value is -1.38. The van der Waals surface area contributed by atoms with Gasteiger partial charge in [0.15, 0.2) is 11.6 Å². The van der Waals surface area contributed by atoms with Crippen LogP contribution in [0, 0.1) is 11.7 Å². The van der Waals surface area contributed by atoms with Crippen molar-refractivity contribution in [1.82, 2.24) is 0 Å². The van der Waals surface area contributed by atoms with Crippen LogP contribution in [0.1, 0.15) is 12.5 Å². The Bertz CT molecular complexity index is 310. The van der Waals surface area contributed by atoms with Crippen molar-refractivity contribution in [3.8, 4) is 5.75 Å². The molecule has 0 fully saturated rings. The maximum atomic E-state index is 12.8. The summed E-state index contributed by atoms with van der Waals surface area (Å²) in [4.78, 5) is 10.3. The number of phenols is 1. The fourth-order valence-electron chi connectivity index (χ4n) is 1.12. The third-order valence-electron chi connectivity index (χ3n) is 1.84. The van der Waals surface area contributed by atoms with Gasteiger partial charge in [-0.05, 0) is 18.1 Å². The van der Waals surface area contributed by atoms with E-state index in [1.165, 1.54) is 12.1 Å². The molecule has 1 aromatic rings. The van der Waals surface area contributed by atoms with Gasteiger partial charge in [-0.3, -0.25) is 0 Å². The Kier molecular flexibility index (Phi) is 3.01. The summed E-state index contributed by atoms with van der Waals surface area (Å²) in [5.41, 5.74) is 0.472. The van der Waals surface area contributed by atoms with E-state index in [-0.39, 0.29) is 11.7 Å². The number of hydrogen-bond donors (Lipinski definition) is 1. The van der Waals surface area contributed by atoms with E-state index in [4.69, 9.17) is 0 Å². The molecule has 1 aromatic carbocycles. The lowest BCUT2D eigenvalue weighted by molar-refractivity contribution is -0.110. The van der Waals surface area contributed by atoms with Crippen molar-refractivity contribution in [3.05, 3.63) is 29.6 Å². The Balaban J connectivity index is 2.88. The van der Waals surface area contributed by atoms with Gasteiger partial charge < -0.3 is 9.90 Å². The summed E-state index contributed by atoms with van der Waals surface area (Å²) in [6, 6.07) is 4.31. The van der Waals surface area contributed by atoms with Gasteiger partial charge in [0.25, 0.3) is 0 Å². The maximum absolute atomic E-state index is 12.8. The monoisotopic (exact) mass is 182 g/mol. The van der Waals surface area contributed by atoms with Crippen LogP contribution in [0.3, 0.4) is 0 Å². The Labute approximate surface area is 76.0 Å². The number of aldehydes is 1. The third kappa shape index (κ3) is 2.28. The van der Waals surface area contributed by atoms with Gasteiger partial charge in [0.1, 0.15) is 6.29 Å². The van der Waals surface area contributed by atoms with Gasteiger partial charge in [0, 0.05) is 5.92 Å². The molecule has 70 valence electrons. The van der Waals surface area contributed by atoms with Crippen LogP contribution in [0.4, 0.5) is 4.39 Å². The number of phenolic OH excluding ortho intramolecular Hbond substituents is 1. The van der Waals surface area contributed by atoms with E-state index in [9.17, 15) is 14.3 Å². The van der Waals surface area contributed by atoms with Gasteiger partial charge in [-0.15, -0.1) is 0 Å². The number of carbonyl (C=O) groups excluding carboxylic acids is 1. The lowest BCUT2D eigenvalue weighted by Gasteiger charge is -2.06. The first-order valence-corrected chi connectivity index (χ1v) is 4.06. The summed E-state index contributed by atoms with van der Waals surface area (Å²) in [5, 5.41) is 9.25. The molecule has 1 rings (SSSR count). The smallest absolute Gasteiger partial charge is 0.165 e. The number of benzene rings is 1. The number of aromatic hydroxyl groups is 1. The van der Waals surface area contributed by atoms with Crippen LogP contribution in [0.2, 0.25) is 0 Å². The summed E-state index contributed by atoms with van der Waals surface area (Å²) < 4.78 is 12.8. The molecule has 1 N–H and O–H groups in total. The lowest BCUT2D eigenvalue weighted by Crippen LogP contribution is -2.01. The van der Waals surface area contributed by atoms with Crippen molar-refractivity contribution in [1.29, 1.82) is 0 Å². The molecule has 3 heteroatoms. The fraction of sp³-hybridized carbons (Fsp3) is 0.300. The minimum absolute atomic E-state index is 0.201. The molecule has 0 spiro atoms. The minimum Gasteiger partial charge on any atom is -0.505 e. The highest BCUT2D eigenvalue weighted by Gasteiger charge is 2.09. The van der Waals surface area contributed by atoms with E-state index in [0.29, 0.717) is 12.0 Å². The Morgan fingerprint density at radius 3 is 2.92 bits per heavy atom. The molecule has 0 bridgehead atoms. The number of hydrogen-bond acceptors (Lipinski definition) is 2. The second kappa shape index (κ2) is 4.03. The normalized spacial score (nSPS) is 12.5. The van der Waals surface area contributed by atoms with Gasteiger partial charge in [-0.25, -0.2) is 4.39 Å². The quantitative estimate of drug-likeness (QED) is 0.725. The van der Waals surface area contributed by atoms with E-state index in [1.807, 2.05) is 0 Å². The first-order chi connectivity index (χ1) is 6.15. The largest absolute Gasteiger partial charge is 0.505 e. The van der Waals surface area contributed by atoms with E-state index >= 15 is 0 Å². The third-order valence-corrected chi connectivity index (χ3v) is 1.84. The molecule has 0 aromatic heterocycles. The number of rotatable bonds is 3. The summed E-state index contributed by atoms with van der Waals surface area (Å²) in [6.07, 6.45) is 1.15. The predicted octanol–water partition coefficient (Wildman–Crippen LogP) is 1.91. The summed E-state index contributed by atoms with van der Waals surface area (Å²) in [5.74, 6) is -1.19. The van der Waals surface area contributed by atoms with Crippen LogP contribution in [0.15, 0.2) is 18.2 Å². The van der Waals surface area contributed by atoms with Crippen LogP contribution >= 0.6 is 0 Å². The molecule has 0 saturated heterocycles. The topological polar surface area (TPSA) is 37.3 Å². The van der Waals surface area contributed by atoms with E-state index in [2.05, 4.69) is 0 Å². The molecule has 1 unspecified atom stereocenters. The van der Waals surface area contributed by atoms with Crippen LogP contribution in [-0.4, -0.2) is 11.4 Å². The van der Waals surface area contributed by atoms with E-state index in [1.54, 1.807) is 13.0 Å². The molecule has 13 heavy (non-hydrogen) atoms. The molecule has 0 aliphatic carbocycles. The number of para-hydroxylation sites is 1. The number of carbonyl (C=O) groups is 1. The average molecular weight is 182 g/mol. The zero-order chi connectivity index (χ0) is 9.84. The van der Waals surface area contributed by atoms with Gasteiger partial charge in [-0.1, -0.05) is 19.1 Å². The van der Waals surface area contributed by atoms with Crippen molar-refractivity contribution in [3.63, 3.8) is 0 Å². The molecular formula is C10H11FO2. The standard InChI is InChI=1S/C10H11FO2/c1-7(6-12)5-8-3-2-4-9(11)10(8)13/h2-4,6-7,13H,5H2,1H3. The molecular weight excluding hydrogens is 171 g/mol. The number of halogens is 1. The maximum Gasteiger partial charge on any atom is 0.165 e. The molecule has 0 amide bonds. The Morgan fingerprint density at radius 1 is 1.62 bits per heavy atom. The summed E-state index contributed by atoms with van der Waals surface area (Å²) in [7, 11) is 0. The highest BCUT2D eigenvalue weighted by molar-refractivity contribution is 5.54. The summed E-state index contributed by atoms with van der Waals surface area (Å²) in [6.45, 7) is 1.72. The zero-order valence-electron chi connectivity index (χ0n) is 7.33. The zero-order valence-corrected chi connectivity index (χ0v) is 7.33. The van der Waals surface area contributed by atoms with Crippen molar-refractivity contribution >= 4 is 6.29 Å². The van der Waals surface area contributed by atoms with Crippen molar-refractivity contribution in [2.24, 2.45) is 5.92 Å². The molecule has 2 nitrogen and oxygen atoms in total. The van der Waals surface area contributed by atoms with Gasteiger partial charge in [0.05, 0.1) is 0 Å². The van der Waals surface area contributed by atoms with Crippen molar-refractivity contribution < 1.29 is 14.3 Å². The van der Waals surface area contributed by atoms with Crippen molar-refractivity contribution in [2.75, 3.05) is 0 Å². The van der Waals surface area contributed by atoms with Gasteiger partial charge in [0.2, 0.25) is 0 Å². The van der Waals surface area contributed by atoms with Gasteiger partial charge in [-0.2, -0.15) is 0 Å². The summed E-state index contributed by atoms with van der Waals surface area (Å²) >= 11 is 0. The first-order valence-electron chi connectivity index (χ1n) is 4.06. The van der Waals surface area contributed by atoms with Crippen LogP contribution < -0.4 is 0 Å². The molecule has 0 aliphatic heterocycles. The van der Waals surface area contributed by atoms with Crippen LogP contribution in [-0.2, 0) is 11.2 Å². The Morgan fingerprint density at radius 2 is 2.31 bits per heavy atom. The lowest BCUT2D eigenvalue weighted by atomic mass is 10.0. The molecule has 0 saturated carbocycles. The van der Waals surface area contributed by atoms with Crippen LogP contribution in [0.5, 0.6) is 5.75 Å². The minimum atomic E-state index is -0.643. The highest BCUT2D eigenvalue weighted by atomic mass is 19.1. The van der Waals surface area contributed by atoms with Crippen LogP contribution in [0.25, 0.3) is 0 Å². The van der Waals surface area contributed by atoms with Crippen molar-refractivity contribution in [2.45, 2.75) is 13.3 Å². The predicted molar refractivity (Wildman–Crippen MR) is 47.0 cm³/mol. The second-order valence-corrected chi connectivity index (χ2v) is 3.07. The highest BCUT2D eigenvalue weighted by Crippen LogP contribution is 2.22. The second-order valence-electron chi connectivity index (χ2n) is 3.07. The molecule has 0 heterocycles.